The Morgan fingerprint density at radius 2 is 1.96 bits per heavy atom. The molecule has 0 radical (unpaired) electrons. The Kier molecular flexibility index (Phi) is 6.35. The molecule has 0 bridgehead atoms. The Hall–Kier alpha value is -3.24. The topological polar surface area (TPSA) is 95.3 Å². The van der Waals surface area contributed by atoms with Crippen molar-refractivity contribution in [2.45, 2.75) is 18.9 Å². The molecule has 1 saturated heterocycles. The number of amides is 2. The van der Waals surface area contributed by atoms with E-state index < -0.39 is 0 Å². The number of nitriles is 1. The predicted molar refractivity (Wildman–Crippen MR) is 103 cm³/mol. The minimum Gasteiger partial charge on any atom is -0.375 e. The third-order valence-electron chi connectivity index (χ3n) is 4.76. The number of benzene rings is 1. The lowest BCUT2D eigenvalue weighted by molar-refractivity contribution is -0.125. The van der Waals surface area contributed by atoms with Crippen molar-refractivity contribution in [2.24, 2.45) is 0 Å². The van der Waals surface area contributed by atoms with Crippen molar-refractivity contribution in [1.29, 1.82) is 5.26 Å². The zero-order valence-corrected chi connectivity index (χ0v) is 15.7. The van der Waals surface area contributed by atoms with Crippen LogP contribution in [0.3, 0.4) is 0 Å². The zero-order chi connectivity index (χ0) is 19.9. The number of carbonyl (C=O) groups is 2. The molecule has 1 N–H and O–H groups in total. The van der Waals surface area contributed by atoms with Gasteiger partial charge in [-0.1, -0.05) is 12.1 Å². The summed E-state index contributed by atoms with van der Waals surface area (Å²) < 4.78 is 4.82. The summed E-state index contributed by atoms with van der Waals surface area (Å²) in [4.78, 5) is 30.4. The van der Waals surface area contributed by atoms with Gasteiger partial charge in [-0.2, -0.15) is 5.26 Å². The molecule has 1 fully saturated rings. The molecule has 7 nitrogen and oxygen atoms in total. The molecular weight excluding hydrogens is 356 g/mol. The molecule has 0 saturated carbocycles. The van der Waals surface area contributed by atoms with Crippen molar-refractivity contribution in [1.82, 2.24) is 15.2 Å². The molecule has 1 aliphatic heterocycles. The number of nitrogens with one attached hydrogen (secondary N) is 1. The van der Waals surface area contributed by atoms with Crippen molar-refractivity contribution in [3.8, 4) is 17.3 Å². The fourth-order valence-electron chi connectivity index (χ4n) is 3.31. The highest BCUT2D eigenvalue weighted by Crippen LogP contribution is 2.22. The first-order valence-electron chi connectivity index (χ1n) is 9.15. The normalized spacial score (nSPS) is 14.4. The zero-order valence-electron chi connectivity index (χ0n) is 15.7. The first kappa shape index (κ1) is 19.5. The third kappa shape index (κ3) is 4.53. The van der Waals surface area contributed by atoms with Crippen LogP contribution in [0.5, 0.6) is 0 Å². The van der Waals surface area contributed by atoms with Crippen molar-refractivity contribution in [2.75, 3.05) is 26.8 Å². The van der Waals surface area contributed by atoms with E-state index in [9.17, 15) is 14.9 Å². The van der Waals surface area contributed by atoms with Gasteiger partial charge in [0.2, 0.25) is 5.91 Å². The Bertz CT molecular complexity index is 881. The van der Waals surface area contributed by atoms with E-state index in [2.05, 4.69) is 16.4 Å². The minimum atomic E-state index is -0.130. The largest absolute Gasteiger partial charge is 0.375 e. The highest BCUT2D eigenvalue weighted by molar-refractivity contribution is 5.94. The van der Waals surface area contributed by atoms with Gasteiger partial charge in [-0.05, 0) is 37.1 Å². The van der Waals surface area contributed by atoms with E-state index >= 15 is 0 Å². The van der Waals surface area contributed by atoms with Crippen molar-refractivity contribution < 1.29 is 14.3 Å². The highest BCUT2D eigenvalue weighted by Gasteiger charge is 2.24. The molecule has 2 aromatic rings. The van der Waals surface area contributed by atoms with Crippen molar-refractivity contribution >= 4 is 11.8 Å². The standard InChI is InChI=1S/C21H22N4O3/c1-28-14-19(26)24-18-8-11-25(12-9-18)21(27)16-6-4-15(5-7-16)20-17(13-22)3-2-10-23-20/h2-7,10,18H,8-9,11-12,14H2,1H3,(H,24,26). The van der Waals surface area contributed by atoms with Gasteiger partial charge in [-0.3, -0.25) is 14.6 Å². The molecule has 3 rings (SSSR count). The van der Waals surface area contributed by atoms with E-state index in [-0.39, 0.29) is 24.5 Å². The van der Waals surface area contributed by atoms with Crippen molar-refractivity contribution in [3.63, 3.8) is 0 Å². The van der Waals surface area contributed by atoms with E-state index in [1.165, 1.54) is 7.11 Å². The van der Waals surface area contributed by atoms with Crippen LogP contribution in [-0.2, 0) is 9.53 Å². The molecular formula is C21H22N4O3. The summed E-state index contributed by atoms with van der Waals surface area (Å²) in [6.07, 6.45) is 3.09. The van der Waals surface area contributed by atoms with E-state index in [1.54, 1.807) is 35.4 Å². The molecule has 1 aliphatic rings. The molecule has 1 aromatic carbocycles. The summed E-state index contributed by atoms with van der Waals surface area (Å²) in [5.41, 5.74) is 2.50. The van der Waals surface area contributed by atoms with Crippen LogP contribution < -0.4 is 5.32 Å². The number of hydrogen-bond donors (Lipinski definition) is 1. The second kappa shape index (κ2) is 9.11. The van der Waals surface area contributed by atoms with Gasteiger partial charge in [-0.15, -0.1) is 0 Å². The van der Waals surface area contributed by atoms with Crippen LogP contribution in [0.2, 0.25) is 0 Å². The van der Waals surface area contributed by atoms with Crippen LogP contribution in [0, 0.1) is 11.3 Å². The number of pyridine rings is 1. The summed E-state index contributed by atoms with van der Waals surface area (Å²) in [5.74, 6) is -0.163. The Morgan fingerprint density at radius 3 is 2.61 bits per heavy atom. The molecule has 7 heteroatoms. The first-order chi connectivity index (χ1) is 13.6. The van der Waals surface area contributed by atoms with Crippen LogP contribution in [0.25, 0.3) is 11.3 Å². The summed E-state index contributed by atoms with van der Waals surface area (Å²) in [7, 11) is 1.49. The number of piperidine rings is 1. The molecule has 28 heavy (non-hydrogen) atoms. The third-order valence-corrected chi connectivity index (χ3v) is 4.76. The van der Waals surface area contributed by atoms with Gasteiger partial charge in [0, 0.05) is 43.6 Å². The van der Waals surface area contributed by atoms with Crippen LogP contribution in [-0.4, -0.2) is 54.5 Å². The van der Waals surface area contributed by atoms with Crippen LogP contribution >= 0.6 is 0 Å². The number of likely N-dealkylation sites (tertiary alicyclic amines) is 1. The van der Waals surface area contributed by atoms with Gasteiger partial charge in [-0.25, -0.2) is 0 Å². The number of ether oxygens (including phenoxy) is 1. The second-order valence-corrected chi connectivity index (χ2v) is 6.66. The molecule has 0 unspecified atom stereocenters. The fourth-order valence-corrected chi connectivity index (χ4v) is 3.31. The minimum absolute atomic E-state index is 0.0326. The molecule has 0 atom stereocenters. The SMILES string of the molecule is COCC(=O)NC1CCN(C(=O)c2ccc(-c3ncccc3C#N)cc2)CC1. The van der Waals surface area contributed by atoms with Crippen LogP contribution in [0.15, 0.2) is 42.6 Å². The van der Waals surface area contributed by atoms with Gasteiger partial charge in [0.1, 0.15) is 12.7 Å². The first-order valence-corrected chi connectivity index (χ1v) is 9.15. The Morgan fingerprint density at radius 1 is 1.25 bits per heavy atom. The number of hydrogen-bond acceptors (Lipinski definition) is 5. The molecule has 144 valence electrons. The smallest absolute Gasteiger partial charge is 0.253 e. The van der Waals surface area contributed by atoms with E-state index in [1.807, 2.05) is 12.1 Å². The lowest BCUT2D eigenvalue weighted by Crippen LogP contribution is -2.47. The molecule has 0 spiro atoms. The van der Waals surface area contributed by atoms with E-state index in [4.69, 9.17) is 4.74 Å². The monoisotopic (exact) mass is 378 g/mol. The number of carbonyl (C=O) groups excluding carboxylic acids is 2. The van der Waals surface area contributed by atoms with Crippen LogP contribution in [0.1, 0.15) is 28.8 Å². The predicted octanol–water partition coefficient (Wildman–Crippen LogP) is 1.99. The van der Waals surface area contributed by atoms with Crippen LogP contribution in [0.4, 0.5) is 0 Å². The maximum absolute atomic E-state index is 12.8. The Balaban J connectivity index is 1.61. The Labute approximate surface area is 163 Å². The quantitative estimate of drug-likeness (QED) is 0.858. The maximum Gasteiger partial charge on any atom is 0.253 e. The average molecular weight is 378 g/mol. The van der Waals surface area contributed by atoms with Gasteiger partial charge >= 0.3 is 0 Å². The summed E-state index contributed by atoms with van der Waals surface area (Å²) in [6.45, 7) is 1.24. The number of aromatic nitrogens is 1. The molecule has 0 aliphatic carbocycles. The van der Waals surface area contributed by atoms with E-state index in [0.29, 0.717) is 29.9 Å². The van der Waals surface area contributed by atoms with E-state index in [0.717, 1.165) is 18.4 Å². The van der Waals surface area contributed by atoms with Gasteiger partial charge < -0.3 is 15.0 Å². The number of methoxy groups -OCH3 is 1. The average Bonchev–Trinajstić information content (AvgIpc) is 2.74. The summed E-state index contributed by atoms with van der Waals surface area (Å²) in [6, 6.07) is 12.8. The van der Waals surface area contributed by atoms with Crippen molar-refractivity contribution in [3.05, 3.63) is 53.7 Å². The highest BCUT2D eigenvalue weighted by atomic mass is 16.5. The number of nitrogens with zero attached hydrogens (tertiary/aromatic N) is 3. The van der Waals surface area contributed by atoms with Gasteiger partial charge in [0.15, 0.2) is 0 Å². The second-order valence-electron chi connectivity index (χ2n) is 6.66. The van der Waals surface area contributed by atoms with Gasteiger partial charge in [0.25, 0.3) is 5.91 Å². The number of rotatable bonds is 5. The lowest BCUT2D eigenvalue weighted by Gasteiger charge is -2.32. The fraction of sp³-hybridized carbons (Fsp3) is 0.333. The summed E-state index contributed by atoms with van der Waals surface area (Å²) >= 11 is 0. The molecule has 2 amide bonds. The summed E-state index contributed by atoms with van der Waals surface area (Å²) in [5, 5.41) is 12.1. The lowest BCUT2D eigenvalue weighted by atomic mass is 10.0. The molecule has 2 heterocycles. The van der Waals surface area contributed by atoms with Gasteiger partial charge in [0.05, 0.1) is 11.3 Å². The molecule has 1 aromatic heterocycles. The maximum atomic E-state index is 12.8.